The Morgan fingerprint density at radius 2 is 1.76 bits per heavy atom. The lowest BCUT2D eigenvalue weighted by Gasteiger charge is -2.15. The fourth-order valence-corrected chi connectivity index (χ4v) is 5.78. The molecule has 0 fully saturated rings. The highest BCUT2D eigenvalue weighted by atomic mass is 35.5. The first-order chi connectivity index (χ1) is 20.6. The predicted molar refractivity (Wildman–Crippen MR) is 171 cm³/mol. The van der Waals surface area contributed by atoms with Crippen LogP contribution in [-0.2, 0) is 6.54 Å². The first-order valence-corrected chi connectivity index (χ1v) is 14.8. The molecule has 0 aliphatic carbocycles. The van der Waals surface area contributed by atoms with Gasteiger partial charge in [0.25, 0.3) is 5.56 Å². The summed E-state index contributed by atoms with van der Waals surface area (Å²) in [6.45, 7) is 6.51. The van der Waals surface area contributed by atoms with Gasteiger partial charge in [0.15, 0.2) is 5.82 Å². The molecule has 0 amide bonds. The normalized spacial score (nSPS) is 14.8. The van der Waals surface area contributed by atoms with Crippen LogP contribution in [0, 0.1) is 0 Å². The summed E-state index contributed by atoms with van der Waals surface area (Å²) < 4.78 is 1.73. The van der Waals surface area contributed by atoms with Crippen molar-refractivity contribution in [1.82, 2.24) is 19.9 Å². The standard InChI is InChI=1S/C34H33ClN6O/c1-3-22-6-7-26-20-29(28-13-10-25(21-30(28)35)31-37-16-5-17-38-31)34(42)41(4-2)33(26)40-32(22)39-27-11-8-23(9-12-27)24-14-18-36-19-15-24/h5,7-14,16-17,20-21,36,39H,3-4,6,15,18-19H2,1-2H3. The van der Waals surface area contributed by atoms with E-state index >= 15 is 0 Å². The van der Waals surface area contributed by atoms with Crippen LogP contribution in [0.25, 0.3) is 34.2 Å². The number of anilines is 1. The van der Waals surface area contributed by atoms with Gasteiger partial charge in [-0.25, -0.2) is 15.0 Å². The van der Waals surface area contributed by atoms with Crippen molar-refractivity contribution in [2.45, 2.75) is 39.7 Å². The molecule has 0 unspecified atom stereocenters. The maximum atomic E-state index is 13.9. The summed E-state index contributed by atoms with van der Waals surface area (Å²) in [6, 6.07) is 17.8. The molecule has 42 heavy (non-hydrogen) atoms. The highest BCUT2D eigenvalue weighted by molar-refractivity contribution is 6.33. The van der Waals surface area contributed by atoms with Crippen LogP contribution in [0.1, 0.15) is 38.7 Å². The van der Waals surface area contributed by atoms with Gasteiger partial charge in [-0.2, -0.15) is 0 Å². The number of hydrogen-bond donors (Lipinski definition) is 2. The number of fused-ring (bicyclic) bond motifs is 1. The zero-order chi connectivity index (χ0) is 29.1. The molecular weight excluding hydrogens is 544 g/mol. The summed E-state index contributed by atoms with van der Waals surface area (Å²) in [7, 11) is 0. The van der Waals surface area contributed by atoms with Crippen LogP contribution >= 0.6 is 11.6 Å². The Hall–Kier alpha value is -4.33. The van der Waals surface area contributed by atoms with Gasteiger partial charge >= 0.3 is 0 Å². The number of nitrogens with zero attached hydrogens (tertiary/aromatic N) is 4. The Kier molecular flexibility index (Phi) is 8.13. The molecule has 2 aliphatic rings. The third kappa shape index (κ3) is 5.58. The van der Waals surface area contributed by atoms with E-state index in [1.54, 1.807) is 23.0 Å². The summed E-state index contributed by atoms with van der Waals surface area (Å²) in [5.74, 6) is 1.38. The van der Waals surface area contributed by atoms with Crippen molar-refractivity contribution < 1.29 is 0 Å². The number of allylic oxidation sites excluding steroid dienone is 1. The first-order valence-electron chi connectivity index (χ1n) is 14.4. The maximum absolute atomic E-state index is 13.9. The molecular formula is C34H33ClN6O. The summed E-state index contributed by atoms with van der Waals surface area (Å²) in [5, 5.41) is 8.31. The summed E-state index contributed by atoms with van der Waals surface area (Å²) >= 11 is 6.75. The number of benzene rings is 2. The number of hydrogen-bond acceptors (Lipinski definition) is 6. The molecule has 0 atom stereocenters. The second-order valence-electron chi connectivity index (χ2n) is 10.4. The zero-order valence-electron chi connectivity index (χ0n) is 23.8. The molecule has 0 bridgehead atoms. The summed E-state index contributed by atoms with van der Waals surface area (Å²) in [6.07, 6.45) is 10.4. The van der Waals surface area contributed by atoms with Crippen molar-refractivity contribution in [3.8, 4) is 22.5 Å². The van der Waals surface area contributed by atoms with Gasteiger partial charge in [0.2, 0.25) is 0 Å². The van der Waals surface area contributed by atoms with Crippen LogP contribution in [0.5, 0.6) is 0 Å². The Bertz CT molecular complexity index is 1870. The first kappa shape index (κ1) is 27.8. The molecule has 6 rings (SSSR count). The number of halogens is 1. The molecule has 0 saturated carbocycles. The molecule has 2 aromatic heterocycles. The van der Waals surface area contributed by atoms with Crippen LogP contribution in [-0.4, -0.2) is 27.6 Å². The van der Waals surface area contributed by atoms with Gasteiger partial charge in [-0.15, -0.1) is 0 Å². The topological polar surface area (TPSA) is 84.2 Å². The van der Waals surface area contributed by atoms with Crippen molar-refractivity contribution in [1.29, 1.82) is 0 Å². The van der Waals surface area contributed by atoms with E-state index in [0.717, 1.165) is 54.6 Å². The molecule has 2 aromatic carbocycles. The third-order valence-corrected chi connectivity index (χ3v) is 8.13. The van der Waals surface area contributed by atoms with Crippen LogP contribution in [0.2, 0.25) is 5.02 Å². The average Bonchev–Trinajstić information content (AvgIpc) is 3.20. The van der Waals surface area contributed by atoms with Gasteiger partial charge in [0.05, 0.1) is 0 Å². The molecule has 4 heterocycles. The van der Waals surface area contributed by atoms with E-state index in [4.69, 9.17) is 16.6 Å². The van der Waals surface area contributed by atoms with E-state index in [1.807, 2.05) is 31.2 Å². The fraction of sp³-hybridized carbons (Fsp3) is 0.235. The highest BCUT2D eigenvalue weighted by Gasteiger charge is 2.16. The van der Waals surface area contributed by atoms with E-state index in [0.29, 0.717) is 34.0 Å². The lowest BCUT2D eigenvalue weighted by atomic mass is 10.00. The number of aromatic nitrogens is 3. The SMILES string of the molecule is CCC1=C(Nc2ccc(C3=CCNCC3)cc2)N=c2c(cc(-c3ccc(-c4ncccn4)cc3Cl)c(=O)n2CC)=CC1. The molecule has 2 N–H and O–H groups in total. The lowest BCUT2D eigenvalue weighted by molar-refractivity contribution is 0.680. The summed E-state index contributed by atoms with van der Waals surface area (Å²) in [4.78, 5) is 27.6. The average molecular weight is 577 g/mol. The largest absolute Gasteiger partial charge is 0.340 e. The second kappa shape index (κ2) is 12.3. The van der Waals surface area contributed by atoms with Gasteiger partial charge < -0.3 is 10.6 Å². The molecule has 4 aromatic rings. The Balaban J connectivity index is 1.38. The van der Waals surface area contributed by atoms with E-state index in [2.05, 4.69) is 63.9 Å². The minimum Gasteiger partial charge on any atom is -0.340 e. The number of nitrogens with one attached hydrogen (secondary N) is 2. The molecule has 7 nitrogen and oxygen atoms in total. The van der Waals surface area contributed by atoms with Crippen LogP contribution in [0.4, 0.5) is 5.69 Å². The number of rotatable bonds is 7. The van der Waals surface area contributed by atoms with Gasteiger partial charge in [-0.05, 0) is 79.8 Å². The van der Waals surface area contributed by atoms with E-state index in [1.165, 1.54) is 16.7 Å². The van der Waals surface area contributed by atoms with Gasteiger partial charge in [-0.3, -0.25) is 9.36 Å². The van der Waals surface area contributed by atoms with Crippen molar-refractivity contribution in [3.05, 3.63) is 116 Å². The van der Waals surface area contributed by atoms with Crippen LogP contribution < -0.4 is 26.9 Å². The van der Waals surface area contributed by atoms with Crippen molar-refractivity contribution in [2.75, 3.05) is 18.4 Å². The predicted octanol–water partition coefficient (Wildman–Crippen LogP) is 5.56. The van der Waals surface area contributed by atoms with Crippen LogP contribution in [0.3, 0.4) is 0 Å². The quantitative estimate of drug-likeness (QED) is 0.301. The molecule has 0 saturated heterocycles. The highest BCUT2D eigenvalue weighted by Crippen LogP contribution is 2.29. The smallest absolute Gasteiger partial charge is 0.260 e. The molecule has 0 radical (unpaired) electrons. The van der Waals surface area contributed by atoms with Gasteiger partial charge in [0, 0.05) is 58.1 Å². The Morgan fingerprint density at radius 3 is 2.45 bits per heavy atom. The molecule has 2 aliphatic heterocycles. The molecule has 8 heteroatoms. The fourth-order valence-electron chi connectivity index (χ4n) is 5.49. The second-order valence-corrected chi connectivity index (χ2v) is 10.8. The third-order valence-electron chi connectivity index (χ3n) is 7.82. The maximum Gasteiger partial charge on any atom is 0.260 e. The zero-order valence-corrected chi connectivity index (χ0v) is 24.6. The van der Waals surface area contributed by atoms with E-state index < -0.39 is 0 Å². The minimum absolute atomic E-state index is 0.127. The summed E-state index contributed by atoms with van der Waals surface area (Å²) in [5.41, 5.74) is 7.32. The monoisotopic (exact) mass is 576 g/mol. The van der Waals surface area contributed by atoms with Crippen LogP contribution in [0.15, 0.2) is 94.2 Å². The minimum atomic E-state index is -0.127. The van der Waals surface area contributed by atoms with Gasteiger partial charge in [-0.1, -0.05) is 54.9 Å². The van der Waals surface area contributed by atoms with Crippen molar-refractivity contribution in [3.63, 3.8) is 0 Å². The Morgan fingerprint density at radius 1 is 0.976 bits per heavy atom. The van der Waals surface area contributed by atoms with Crippen molar-refractivity contribution in [2.24, 2.45) is 4.99 Å². The Labute approximate surface area is 250 Å². The lowest BCUT2D eigenvalue weighted by Crippen LogP contribution is -2.43. The van der Waals surface area contributed by atoms with Crippen molar-refractivity contribution >= 4 is 28.9 Å². The van der Waals surface area contributed by atoms with Gasteiger partial charge in [0.1, 0.15) is 11.3 Å². The molecule has 212 valence electrons. The number of pyridine rings is 1. The van der Waals surface area contributed by atoms with E-state index in [-0.39, 0.29) is 5.56 Å². The molecule has 0 spiro atoms. The van der Waals surface area contributed by atoms with E-state index in [9.17, 15) is 4.79 Å².